The molecule has 0 radical (unpaired) electrons. The van der Waals surface area contributed by atoms with E-state index in [1.165, 1.54) is 18.4 Å². The van der Waals surface area contributed by atoms with Gasteiger partial charge in [-0.1, -0.05) is 25.5 Å². The Morgan fingerprint density at radius 3 is 2.67 bits per heavy atom. The topological polar surface area (TPSA) is 26.3 Å². The molecule has 0 N–H and O–H groups in total. The van der Waals surface area contributed by atoms with Crippen molar-refractivity contribution in [3.63, 3.8) is 0 Å². The molecule has 86 valence electrons. The van der Waals surface area contributed by atoms with Crippen LogP contribution < -0.4 is 0 Å². The summed E-state index contributed by atoms with van der Waals surface area (Å²) in [6, 6.07) is 0. The van der Waals surface area contributed by atoms with E-state index in [1.54, 1.807) is 0 Å². The van der Waals surface area contributed by atoms with Gasteiger partial charge in [-0.2, -0.15) is 0 Å². The number of cyclic esters (lactones) is 1. The first-order chi connectivity index (χ1) is 7.17. The molecular formula is C13H22O2. The van der Waals surface area contributed by atoms with Crippen molar-refractivity contribution in [2.45, 2.75) is 46.5 Å². The summed E-state index contributed by atoms with van der Waals surface area (Å²) in [5.41, 5.74) is 1.34. The molecule has 1 aliphatic heterocycles. The molecule has 15 heavy (non-hydrogen) atoms. The molecule has 2 nitrogen and oxygen atoms in total. The van der Waals surface area contributed by atoms with E-state index in [0.717, 1.165) is 12.8 Å². The van der Waals surface area contributed by atoms with Crippen molar-refractivity contribution in [2.75, 3.05) is 6.61 Å². The Hall–Kier alpha value is -0.790. The molecule has 0 aromatic heterocycles. The van der Waals surface area contributed by atoms with E-state index in [0.29, 0.717) is 12.5 Å². The molecule has 0 aliphatic carbocycles. The Morgan fingerprint density at radius 1 is 1.53 bits per heavy atom. The summed E-state index contributed by atoms with van der Waals surface area (Å²) in [6.45, 7) is 7.16. The van der Waals surface area contributed by atoms with E-state index < -0.39 is 0 Å². The Balaban J connectivity index is 2.46. The summed E-state index contributed by atoms with van der Waals surface area (Å²) in [7, 11) is 0. The van der Waals surface area contributed by atoms with Crippen molar-refractivity contribution in [2.24, 2.45) is 11.8 Å². The number of carbonyl (C=O) groups is 1. The summed E-state index contributed by atoms with van der Waals surface area (Å²) in [6.07, 6.45) is 6.47. The number of hydrogen-bond acceptors (Lipinski definition) is 2. The Morgan fingerprint density at radius 2 is 2.20 bits per heavy atom. The molecule has 0 aromatic carbocycles. The summed E-state index contributed by atoms with van der Waals surface area (Å²) in [5, 5.41) is 0. The van der Waals surface area contributed by atoms with Crippen LogP contribution in [0.5, 0.6) is 0 Å². The van der Waals surface area contributed by atoms with Crippen molar-refractivity contribution in [1.82, 2.24) is 0 Å². The maximum atomic E-state index is 11.3. The van der Waals surface area contributed by atoms with Gasteiger partial charge >= 0.3 is 5.97 Å². The van der Waals surface area contributed by atoms with Crippen LogP contribution in [0.3, 0.4) is 0 Å². The number of allylic oxidation sites excluding steroid dienone is 2. The van der Waals surface area contributed by atoms with Crippen LogP contribution in [-0.4, -0.2) is 12.6 Å². The predicted octanol–water partition coefficient (Wildman–Crippen LogP) is 3.32. The summed E-state index contributed by atoms with van der Waals surface area (Å²) >= 11 is 0. The highest BCUT2D eigenvalue weighted by Crippen LogP contribution is 2.23. The molecule has 0 saturated carbocycles. The molecule has 1 fully saturated rings. The van der Waals surface area contributed by atoms with E-state index in [2.05, 4.69) is 26.8 Å². The van der Waals surface area contributed by atoms with Crippen LogP contribution >= 0.6 is 0 Å². The third-order valence-corrected chi connectivity index (χ3v) is 3.18. The molecule has 0 bridgehead atoms. The summed E-state index contributed by atoms with van der Waals surface area (Å²) in [4.78, 5) is 11.3. The standard InChI is InChI=1S/C13H22O2/c1-4-11(5-2)8-10(3)9-12-6-7-15-13(12)14/h8,11-12H,4-7,9H2,1-3H3/b10-8+/t12-/m0/s1. The van der Waals surface area contributed by atoms with Crippen LogP contribution in [-0.2, 0) is 9.53 Å². The first-order valence-corrected chi connectivity index (χ1v) is 6.01. The molecule has 1 rings (SSSR count). The van der Waals surface area contributed by atoms with Crippen LogP contribution in [0.1, 0.15) is 46.5 Å². The van der Waals surface area contributed by atoms with Crippen LogP contribution in [0.15, 0.2) is 11.6 Å². The second kappa shape index (κ2) is 5.94. The van der Waals surface area contributed by atoms with Gasteiger partial charge in [0.1, 0.15) is 0 Å². The number of carbonyl (C=O) groups excluding carboxylic acids is 1. The van der Waals surface area contributed by atoms with Gasteiger partial charge in [-0.05, 0) is 38.5 Å². The lowest BCUT2D eigenvalue weighted by atomic mass is 9.94. The van der Waals surface area contributed by atoms with E-state index in [-0.39, 0.29) is 11.9 Å². The Labute approximate surface area is 92.7 Å². The fourth-order valence-electron chi connectivity index (χ4n) is 2.11. The Bertz CT molecular complexity index is 239. The normalized spacial score (nSPS) is 22.3. The zero-order chi connectivity index (χ0) is 11.3. The van der Waals surface area contributed by atoms with Gasteiger partial charge in [0.15, 0.2) is 0 Å². The smallest absolute Gasteiger partial charge is 0.309 e. The van der Waals surface area contributed by atoms with Crippen LogP contribution in [0, 0.1) is 11.8 Å². The zero-order valence-electron chi connectivity index (χ0n) is 10.1. The van der Waals surface area contributed by atoms with Gasteiger partial charge in [-0.25, -0.2) is 0 Å². The maximum absolute atomic E-state index is 11.3. The minimum Gasteiger partial charge on any atom is -0.465 e. The number of hydrogen-bond donors (Lipinski definition) is 0. The van der Waals surface area contributed by atoms with E-state index in [9.17, 15) is 4.79 Å². The largest absolute Gasteiger partial charge is 0.465 e. The lowest BCUT2D eigenvalue weighted by Crippen LogP contribution is -2.08. The van der Waals surface area contributed by atoms with Gasteiger partial charge in [-0.15, -0.1) is 0 Å². The van der Waals surface area contributed by atoms with E-state index in [4.69, 9.17) is 4.74 Å². The lowest BCUT2D eigenvalue weighted by molar-refractivity contribution is -0.141. The van der Waals surface area contributed by atoms with Crippen molar-refractivity contribution < 1.29 is 9.53 Å². The zero-order valence-corrected chi connectivity index (χ0v) is 10.1. The fraction of sp³-hybridized carbons (Fsp3) is 0.769. The average Bonchev–Trinajstić information content (AvgIpc) is 2.61. The van der Waals surface area contributed by atoms with Crippen LogP contribution in [0.25, 0.3) is 0 Å². The molecule has 1 heterocycles. The molecule has 1 saturated heterocycles. The molecule has 1 aliphatic rings. The molecule has 1 atom stereocenters. The second-order valence-electron chi connectivity index (χ2n) is 4.45. The first-order valence-electron chi connectivity index (χ1n) is 6.01. The van der Waals surface area contributed by atoms with Crippen LogP contribution in [0.4, 0.5) is 0 Å². The number of ether oxygens (including phenoxy) is 1. The van der Waals surface area contributed by atoms with Crippen molar-refractivity contribution in [3.05, 3.63) is 11.6 Å². The van der Waals surface area contributed by atoms with Gasteiger partial charge < -0.3 is 4.74 Å². The van der Waals surface area contributed by atoms with Crippen LogP contribution in [0.2, 0.25) is 0 Å². The first kappa shape index (κ1) is 12.3. The quantitative estimate of drug-likeness (QED) is 0.514. The van der Waals surface area contributed by atoms with Gasteiger partial charge in [0.05, 0.1) is 12.5 Å². The molecule has 0 amide bonds. The number of esters is 1. The summed E-state index contributed by atoms with van der Waals surface area (Å²) in [5.74, 6) is 0.783. The lowest BCUT2D eigenvalue weighted by Gasteiger charge is -2.10. The monoisotopic (exact) mass is 210 g/mol. The van der Waals surface area contributed by atoms with Gasteiger partial charge in [0, 0.05) is 0 Å². The second-order valence-corrected chi connectivity index (χ2v) is 4.45. The van der Waals surface area contributed by atoms with E-state index >= 15 is 0 Å². The third kappa shape index (κ3) is 3.69. The highest BCUT2D eigenvalue weighted by molar-refractivity contribution is 5.74. The Kier molecular flexibility index (Phi) is 4.86. The molecule has 2 heteroatoms. The molecule has 0 unspecified atom stereocenters. The van der Waals surface area contributed by atoms with Crippen molar-refractivity contribution >= 4 is 5.97 Å². The third-order valence-electron chi connectivity index (χ3n) is 3.18. The minimum atomic E-state index is -0.00713. The molecule has 0 spiro atoms. The number of rotatable bonds is 5. The molecular weight excluding hydrogens is 188 g/mol. The SMILES string of the molecule is CCC(/C=C(\C)C[C@@H]1CCOC1=O)CC. The minimum absolute atomic E-state index is 0.00713. The van der Waals surface area contributed by atoms with Gasteiger partial charge in [-0.3, -0.25) is 4.79 Å². The fourth-order valence-corrected chi connectivity index (χ4v) is 2.11. The van der Waals surface area contributed by atoms with E-state index in [1.807, 2.05) is 0 Å². The molecule has 0 aromatic rings. The maximum Gasteiger partial charge on any atom is 0.309 e. The summed E-state index contributed by atoms with van der Waals surface area (Å²) < 4.78 is 4.96. The average molecular weight is 210 g/mol. The van der Waals surface area contributed by atoms with Gasteiger partial charge in [0.25, 0.3) is 0 Å². The predicted molar refractivity (Wildman–Crippen MR) is 61.5 cm³/mol. The van der Waals surface area contributed by atoms with Crippen molar-refractivity contribution in [3.8, 4) is 0 Å². The van der Waals surface area contributed by atoms with Crippen molar-refractivity contribution in [1.29, 1.82) is 0 Å². The highest BCUT2D eigenvalue weighted by Gasteiger charge is 2.26. The highest BCUT2D eigenvalue weighted by atomic mass is 16.5. The van der Waals surface area contributed by atoms with Gasteiger partial charge in [0.2, 0.25) is 0 Å².